The van der Waals surface area contributed by atoms with Crippen molar-refractivity contribution in [3.8, 4) is 5.69 Å². The van der Waals surface area contributed by atoms with Crippen LogP contribution in [0.4, 0.5) is 5.69 Å². The zero-order valence-electron chi connectivity index (χ0n) is 21.1. The van der Waals surface area contributed by atoms with Crippen LogP contribution in [0.25, 0.3) is 16.6 Å². The van der Waals surface area contributed by atoms with E-state index >= 15 is 0 Å². The van der Waals surface area contributed by atoms with Crippen molar-refractivity contribution in [3.05, 3.63) is 113 Å². The second-order valence-electron chi connectivity index (χ2n) is 9.42. The fourth-order valence-electron chi connectivity index (χ4n) is 4.74. The summed E-state index contributed by atoms with van der Waals surface area (Å²) in [5, 5.41) is 8.87. The Kier molecular flexibility index (Phi) is 6.34. The molecule has 36 heavy (non-hydrogen) atoms. The molecule has 1 amide bonds. The second kappa shape index (κ2) is 9.74. The van der Waals surface area contributed by atoms with Gasteiger partial charge in [-0.15, -0.1) is 0 Å². The van der Waals surface area contributed by atoms with Gasteiger partial charge in [-0.2, -0.15) is 5.10 Å². The predicted molar refractivity (Wildman–Crippen MR) is 146 cm³/mol. The van der Waals surface area contributed by atoms with Crippen LogP contribution in [0.15, 0.2) is 85.1 Å². The lowest BCUT2D eigenvalue weighted by Gasteiger charge is -2.20. The molecule has 6 nitrogen and oxygen atoms in total. The molecule has 6 heteroatoms. The van der Waals surface area contributed by atoms with Crippen molar-refractivity contribution in [2.24, 2.45) is 0 Å². The maximum absolute atomic E-state index is 13.1. The number of aryl methyl sites for hydroxylation is 2. The number of rotatable bonds is 7. The molecule has 0 fully saturated rings. The number of hydrogen-bond acceptors (Lipinski definition) is 3. The van der Waals surface area contributed by atoms with Gasteiger partial charge < -0.3 is 15.2 Å². The molecule has 1 atom stereocenters. The van der Waals surface area contributed by atoms with Gasteiger partial charge in [0.15, 0.2) is 0 Å². The molecule has 0 saturated carbocycles. The number of nitrogens with zero attached hydrogens (tertiary/aromatic N) is 3. The third-order valence-electron chi connectivity index (χ3n) is 6.66. The summed E-state index contributed by atoms with van der Waals surface area (Å²) >= 11 is 0. The van der Waals surface area contributed by atoms with Gasteiger partial charge in [-0.3, -0.25) is 4.79 Å². The molecule has 5 rings (SSSR count). The lowest BCUT2D eigenvalue weighted by molar-refractivity contribution is 0.0952. The highest BCUT2D eigenvalue weighted by molar-refractivity contribution is 5.94. The van der Waals surface area contributed by atoms with E-state index in [-0.39, 0.29) is 11.8 Å². The molecule has 0 aliphatic rings. The first-order chi connectivity index (χ1) is 17.4. The maximum atomic E-state index is 13.1. The average Bonchev–Trinajstić information content (AvgIpc) is 3.47. The van der Waals surface area contributed by atoms with Crippen molar-refractivity contribution in [3.63, 3.8) is 0 Å². The fourth-order valence-corrected chi connectivity index (χ4v) is 4.74. The standard InChI is InChI=1S/C30H31N5O/c1-20-17-21(2)35(33-20)25-15-11-23(12-16-25)30(36)32-18-27(22-9-13-24(14-10-22)34(3)4)28-19-31-29-8-6-5-7-26(28)29/h5-17,19,27,31H,18H2,1-4H3,(H,32,36)/t27-/m0/s1. The highest BCUT2D eigenvalue weighted by Crippen LogP contribution is 2.31. The zero-order valence-corrected chi connectivity index (χ0v) is 21.1. The summed E-state index contributed by atoms with van der Waals surface area (Å²) in [5.74, 6) is -0.0834. The number of carbonyl (C=O) groups is 1. The van der Waals surface area contributed by atoms with Gasteiger partial charge in [0.1, 0.15) is 0 Å². The SMILES string of the molecule is Cc1cc(C)n(-c2ccc(C(=O)NC[C@@H](c3ccc(N(C)C)cc3)c3c[nH]c4ccccc34)cc2)n1. The van der Waals surface area contributed by atoms with Crippen LogP contribution in [-0.4, -0.2) is 41.3 Å². The molecule has 0 bridgehead atoms. The van der Waals surface area contributed by atoms with Gasteiger partial charge in [-0.1, -0.05) is 30.3 Å². The topological polar surface area (TPSA) is 66.0 Å². The first-order valence-electron chi connectivity index (χ1n) is 12.2. The summed E-state index contributed by atoms with van der Waals surface area (Å²) in [7, 11) is 4.07. The normalized spacial score (nSPS) is 12.0. The Labute approximate surface area is 211 Å². The highest BCUT2D eigenvalue weighted by atomic mass is 16.1. The Hall–Kier alpha value is -4.32. The molecular weight excluding hydrogens is 446 g/mol. The van der Waals surface area contributed by atoms with E-state index < -0.39 is 0 Å². The molecule has 182 valence electrons. The third-order valence-corrected chi connectivity index (χ3v) is 6.66. The molecule has 2 heterocycles. The molecule has 5 aromatic rings. The zero-order chi connectivity index (χ0) is 25.2. The Balaban J connectivity index is 1.39. The number of hydrogen-bond donors (Lipinski definition) is 2. The molecule has 0 radical (unpaired) electrons. The van der Waals surface area contributed by atoms with Gasteiger partial charge in [0, 0.05) is 60.6 Å². The maximum Gasteiger partial charge on any atom is 0.251 e. The van der Waals surface area contributed by atoms with Crippen LogP contribution in [-0.2, 0) is 0 Å². The van der Waals surface area contributed by atoms with Crippen LogP contribution in [0.5, 0.6) is 0 Å². The van der Waals surface area contributed by atoms with Gasteiger partial charge >= 0.3 is 0 Å². The molecule has 0 spiro atoms. The Morgan fingerprint density at radius 1 is 1.00 bits per heavy atom. The van der Waals surface area contributed by atoms with Crippen molar-refractivity contribution < 1.29 is 4.79 Å². The summed E-state index contributed by atoms with van der Waals surface area (Å²) in [5.41, 5.74) is 8.16. The van der Waals surface area contributed by atoms with Crippen molar-refractivity contribution in [1.29, 1.82) is 0 Å². The quantitative estimate of drug-likeness (QED) is 0.321. The van der Waals surface area contributed by atoms with Gasteiger partial charge in [0.2, 0.25) is 0 Å². The number of carbonyl (C=O) groups excluding carboxylic acids is 1. The first-order valence-corrected chi connectivity index (χ1v) is 12.2. The van der Waals surface area contributed by atoms with Gasteiger partial charge in [-0.05, 0) is 73.5 Å². The molecule has 0 unspecified atom stereocenters. The minimum absolute atomic E-state index is 0.00952. The molecule has 0 saturated heterocycles. The second-order valence-corrected chi connectivity index (χ2v) is 9.42. The monoisotopic (exact) mass is 477 g/mol. The number of benzene rings is 3. The van der Waals surface area contributed by atoms with Crippen molar-refractivity contribution in [2.75, 3.05) is 25.5 Å². The van der Waals surface area contributed by atoms with E-state index in [9.17, 15) is 4.79 Å². The van der Waals surface area contributed by atoms with E-state index in [1.807, 2.05) is 69.0 Å². The average molecular weight is 478 g/mol. The minimum Gasteiger partial charge on any atom is -0.378 e. The molecule has 3 aromatic carbocycles. The number of H-pyrrole nitrogens is 1. The fraction of sp³-hybridized carbons (Fsp3) is 0.200. The van der Waals surface area contributed by atoms with Crippen LogP contribution in [0, 0.1) is 13.8 Å². The summed E-state index contributed by atoms with van der Waals surface area (Å²) in [4.78, 5) is 18.6. The van der Waals surface area contributed by atoms with Crippen molar-refractivity contribution >= 4 is 22.5 Å². The number of anilines is 1. The summed E-state index contributed by atoms with van der Waals surface area (Å²) in [6, 6.07) is 26.4. The van der Waals surface area contributed by atoms with Crippen LogP contribution in [0.3, 0.4) is 0 Å². The smallest absolute Gasteiger partial charge is 0.251 e. The third kappa shape index (κ3) is 4.62. The van der Waals surface area contributed by atoms with E-state index in [1.54, 1.807) is 0 Å². The summed E-state index contributed by atoms with van der Waals surface area (Å²) < 4.78 is 1.89. The number of aromatic nitrogens is 3. The molecular formula is C30H31N5O. The summed E-state index contributed by atoms with van der Waals surface area (Å²) in [6.07, 6.45) is 2.06. The lowest BCUT2D eigenvalue weighted by atomic mass is 9.90. The van der Waals surface area contributed by atoms with Gasteiger partial charge in [0.25, 0.3) is 5.91 Å². The van der Waals surface area contributed by atoms with Gasteiger partial charge in [-0.25, -0.2) is 4.68 Å². The largest absolute Gasteiger partial charge is 0.378 e. The van der Waals surface area contributed by atoms with Crippen molar-refractivity contribution in [1.82, 2.24) is 20.1 Å². The Bertz CT molecular complexity index is 1490. The molecule has 2 aromatic heterocycles. The molecule has 0 aliphatic heterocycles. The highest BCUT2D eigenvalue weighted by Gasteiger charge is 2.20. The van der Waals surface area contributed by atoms with Crippen LogP contribution < -0.4 is 10.2 Å². The van der Waals surface area contributed by atoms with E-state index in [4.69, 9.17) is 0 Å². The number of aromatic amines is 1. The molecule has 2 N–H and O–H groups in total. The van der Waals surface area contributed by atoms with Crippen LogP contribution >= 0.6 is 0 Å². The Morgan fingerprint density at radius 2 is 1.72 bits per heavy atom. The number of amides is 1. The number of fused-ring (bicyclic) bond motifs is 1. The van der Waals surface area contributed by atoms with Crippen molar-refractivity contribution in [2.45, 2.75) is 19.8 Å². The van der Waals surface area contributed by atoms with E-state index in [0.29, 0.717) is 12.1 Å². The number of nitrogens with one attached hydrogen (secondary N) is 2. The van der Waals surface area contributed by atoms with Crippen LogP contribution in [0.1, 0.15) is 38.8 Å². The van der Waals surface area contributed by atoms with E-state index in [2.05, 4.69) is 69.0 Å². The number of para-hydroxylation sites is 1. The first kappa shape index (κ1) is 23.4. The van der Waals surface area contributed by atoms with E-state index in [0.717, 1.165) is 33.8 Å². The van der Waals surface area contributed by atoms with Gasteiger partial charge in [0.05, 0.1) is 11.4 Å². The summed E-state index contributed by atoms with van der Waals surface area (Å²) in [6.45, 7) is 4.49. The molecule has 0 aliphatic carbocycles. The van der Waals surface area contributed by atoms with E-state index in [1.165, 1.54) is 10.9 Å². The minimum atomic E-state index is -0.0929. The lowest BCUT2D eigenvalue weighted by Crippen LogP contribution is -2.29. The van der Waals surface area contributed by atoms with Crippen LogP contribution in [0.2, 0.25) is 0 Å². The predicted octanol–water partition coefficient (Wildman–Crippen LogP) is 5.60. The Morgan fingerprint density at radius 3 is 2.39 bits per heavy atom.